The Balaban J connectivity index is 2.29. The molecule has 0 aromatic heterocycles. The second-order valence-electron chi connectivity index (χ2n) is 2.42. The highest BCUT2D eigenvalue weighted by atomic mass is 33.1. The normalized spacial score (nSPS) is 22.8. The van der Waals surface area contributed by atoms with Crippen molar-refractivity contribution in [2.75, 3.05) is 6.61 Å². The lowest BCUT2D eigenvalue weighted by Gasteiger charge is -2.08. The monoisotopic (exact) mass is 216 g/mol. The average Bonchev–Trinajstić information content (AvgIpc) is 2.33. The van der Waals surface area contributed by atoms with Crippen molar-refractivity contribution >= 4 is 30.0 Å². The van der Waals surface area contributed by atoms with Crippen molar-refractivity contribution in [3.05, 3.63) is 0 Å². The Morgan fingerprint density at radius 3 is 2.45 bits per heavy atom. The van der Waals surface area contributed by atoms with Gasteiger partial charge in [-0.25, -0.2) is 12.5 Å². The lowest BCUT2D eigenvalue weighted by molar-refractivity contribution is 0.206. The zero-order chi connectivity index (χ0) is 8.32. The number of rotatable bonds is 3. The summed E-state index contributed by atoms with van der Waals surface area (Å²) in [5, 5.41) is 0. The molecular weight excluding hydrogens is 207 g/mol. The Morgan fingerprint density at radius 1 is 1.45 bits per heavy atom. The van der Waals surface area contributed by atoms with Crippen LogP contribution < -0.4 is 0 Å². The van der Waals surface area contributed by atoms with Crippen LogP contribution in [0.15, 0.2) is 0 Å². The van der Waals surface area contributed by atoms with Gasteiger partial charge in [0.15, 0.2) is 0 Å². The molecule has 4 nitrogen and oxygen atoms in total. The molecule has 0 amide bonds. The molecule has 11 heavy (non-hydrogen) atoms. The van der Waals surface area contributed by atoms with E-state index in [1.807, 2.05) is 13.8 Å². The fourth-order valence-electron chi connectivity index (χ4n) is 0.395. The molecule has 1 fully saturated rings. The summed E-state index contributed by atoms with van der Waals surface area (Å²) in [5.74, 6) is 0.323. The van der Waals surface area contributed by atoms with Gasteiger partial charge in [0.1, 0.15) is 22.1 Å². The quantitative estimate of drug-likeness (QED) is 0.410. The van der Waals surface area contributed by atoms with Crippen molar-refractivity contribution < 1.29 is 17.0 Å². The molecule has 0 aliphatic carbocycles. The Labute approximate surface area is 73.8 Å². The van der Waals surface area contributed by atoms with Crippen LogP contribution >= 0.6 is 30.0 Å². The first-order valence-corrected chi connectivity index (χ1v) is 6.54. The maximum atomic E-state index is 11.2. The van der Waals surface area contributed by atoms with E-state index < -0.39 is 7.82 Å². The number of hydrogen-bond acceptors (Lipinski definition) is 6. The third kappa shape index (κ3) is 3.36. The van der Waals surface area contributed by atoms with Crippen LogP contribution in [0.25, 0.3) is 0 Å². The standard InChI is InChI=1S/C4H9O4PS2/c1-4(2)3-6-9(5)7-10-11-8-9/h4H,3H2,1-2H3. The van der Waals surface area contributed by atoms with Gasteiger partial charge in [-0.1, -0.05) is 13.8 Å². The maximum absolute atomic E-state index is 11.2. The number of phosphoric acid groups is 1. The van der Waals surface area contributed by atoms with Crippen molar-refractivity contribution in [2.24, 2.45) is 5.92 Å². The van der Waals surface area contributed by atoms with Gasteiger partial charge in [0.2, 0.25) is 0 Å². The van der Waals surface area contributed by atoms with Crippen LogP contribution in [0.1, 0.15) is 13.8 Å². The molecule has 1 aliphatic rings. The fourth-order valence-corrected chi connectivity index (χ4v) is 4.13. The molecule has 0 aromatic rings. The molecule has 0 bridgehead atoms. The highest BCUT2D eigenvalue weighted by Crippen LogP contribution is 2.65. The lowest BCUT2D eigenvalue weighted by Crippen LogP contribution is -1.99. The van der Waals surface area contributed by atoms with E-state index in [0.29, 0.717) is 12.5 Å². The summed E-state index contributed by atoms with van der Waals surface area (Å²) < 4.78 is 25.5. The zero-order valence-corrected chi connectivity index (χ0v) is 8.71. The minimum absolute atomic E-state index is 0.323. The molecule has 0 N–H and O–H groups in total. The molecule has 0 saturated carbocycles. The topological polar surface area (TPSA) is 44.8 Å². The third-order valence-corrected chi connectivity index (χ3v) is 4.57. The molecular formula is C4H9O4PS2. The van der Waals surface area contributed by atoms with Gasteiger partial charge in [0, 0.05) is 0 Å². The zero-order valence-electron chi connectivity index (χ0n) is 6.18. The van der Waals surface area contributed by atoms with Crippen LogP contribution in [0.4, 0.5) is 0 Å². The summed E-state index contributed by atoms with van der Waals surface area (Å²) in [6, 6.07) is 0. The molecule has 1 aliphatic heterocycles. The molecule has 0 spiro atoms. The maximum Gasteiger partial charge on any atom is 0.498 e. The van der Waals surface area contributed by atoms with Crippen LogP contribution in [0.5, 0.6) is 0 Å². The van der Waals surface area contributed by atoms with E-state index >= 15 is 0 Å². The highest BCUT2D eigenvalue weighted by molar-refractivity contribution is 8.75. The molecule has 0 aromatic carbocycles. The fraction of sp³-hybridized carbons (Fsp3) is 1.00. The highest BCUT2D eigenvalue weighted by Gasteiger charge is 2.35. The van der Waals surface area contributed by atoms with Crippen LogP contribution in [0, 0.1) is 5.92 Å². The van der Waals surface area contributed by atoms with Gasteiger partial charge in [0.05, 0.1) is 6.61 Å². The summed E-state index contributed by atoms with van der Waals surface area (Å²) in [6.07, 6.45) is 0. The SMILES string of the molecule is CC(C)COP1(=O)OSSO1. The van der Waals surface area contributed by atoms with Crippen molar-refractivity contribution in [1.82, 2.24) is 0 Å². The molecule has 1 heterocycles. The van der Waals surface area contributed by atoms with Crippen molar-refractivity contribution in [3.8, 4) is 0 Å². The van der Waals surface area contributed by atoms with Crippen LogP contribution in [-0.2, 0) is 17.0 Å². The molecule has 0 atom stereocenters. The molecule has 0 radical (unpaired) electrons. The van der Waals surface area contributed by atoms with Crippen LogP contribution in [0.2, 0.25) is 0 Å². The first-order chi connectivity index (χ1) is 5.12. The van der Waals surface area contributed by atoms with Crippen LogP contribution in [-0.4, -0.2) is 6.61 Å². The van der Waals surface area contributed by atoms with E-state index in [9.17, 15) is 4.57 Å². The summed E-state index contributed by atoms with van der Waals surface area (Å²) in [6.45, 7) is 4.31. The predicted octanol–water partition coefficient (Wildman–Crippen LogP) is 3.03. The average molecular weight is 216 g/mol. The summed E-state index contributed by atoms with van der Waals surface area (Å²) >= 11 is 1.88. The third-order valence-electron chi connectivity index (χ3n) is 0.837. The van der Waals surface area contributed by atoms with Gasteiger partial charge in [-0.05, 0) is 5.92 Å². The van der Waals surface area contributed by atoms with E-state index in [1.54, 1.807) is 0 Å². The van der Waals surface area contributed by atoms with Gasteiger partial charge in [-0.2, -0.15) is 0 Å². The van der Waals surface area contributed by atoms with Crippen molar-refractivity contribution in [2.45, 2.75) is 13.8 Å². The largest absolute Gasteiger partial charge is 0.498 e. The first kappa shape index (κ1) is 9.89. The summed E-state index contributed by atoms with van der Waals surface area (Å²) in [4.78, 5) is 0. The molecule has 7 heteroatoms. The van der Waals surface area contributed by atoms with Gasteiger partial charge >= 0.3 is 7.82 Å². The van der Waals surface area contributed by atoms with Gasteiger partial charge in [0.25, 0.3) is 0 Å². The van der Waals surface area contributed by atoms with Crippen molar-refractivity contribution in [3.63, 3.8) is 0 Å². The smallest absolute Gasteiger partial charge is 0.285 e. The number of hydrogen-bond donors (Lipinski definition) is 0. The minimum atomic E-state index is -3.20. The minimum Gasteiger partial charge on any atom is -0.285 e. The second-order valence-corrected chi connectivity index (χ2v) is 5.86. The van der Waals surface area contributed by atoms with Crippen molar-refractivity contribution in [1.29, 1.82) is 0 Å². The molecule has 0 unspecified atom stereocenters. The Bertz CT molecular complexity index is 163. The Kier molecular flexibility index (Phi) is 3.74. The van der Waals surface area contributed by atoms with E-state index in [-0.39, 0.29) is 0 Å². The Hall–Kier alpha value is 0.810. The van der Waals surface area contributed by atoms with E-state index in [2.05, 4.69) is 7.94 Å². The molecule has 1 rings (SSSR count). The lowest BCUT2D eigenvalue weighted by atomic mass is 10.2. The summed E-state index contributed by atoms with van der Waals surface area (Å²) in [7, 11) is -3.20. The van der Waals surface area contributed by atoms with E-state index in [1.165, 1.54) is 0 Å². The van der Waals surface area contributed by atoms with Gasteiger partial charge in [-0.3, -0.25) is 4.52 Å². The first-order valence-electron chi connectivity index (χ1n) is 3.08. The molecule has 1 saturated heterocycles. The van der Waals surface area contributed by atoms with E-state index in [4.69, 9.17) is 4.52 Å². The summed E-state index contributed by atoms with van der Waals surface area (Å²) in [5.41, 5.74) is 0. The predicted molar refractivity (Wildman–Crippen MR) is 45.7 cm³/mol. The van der Waals surface area contributed by atoms with Crippen LogP contribution in [0.3, 0.4) is 0 Å². The van der Waals surface area contributed by atoms with Gasteiger partial charge < -0.3 is 0 Å². The second kappa shape index (κ2) is 4.16. The molecule has 66 valence electrons. The van der Waals surface area contributed by atoms with E-state index in [0.717, 1.165) is 22.1 Å². The Morgan fingerprint density at radius 2 is 2.00 bits per heavy atom. The van der Waals surface area contributed by atoms with Gasteiger partial charge in [-0.15, -0.1) is 0 Å².